The quantitative estimate of drug-likeness (QED) is 0.802. The zero-order valence-corrected chi connectivity index (χ0v) is 12.0. The second-order valence-corrected chi connectivity index (χ2v) is 5.05. The van der Waals surface area contributed by atoms with Gasteiger partial charge in [-0.2, -0.15) is 11.3 Å². The zero-order valence-electron chi connectivity index (χ0n) is 11.2. The van der Waals surface area contributed by atoms with Crippen molar-refractivity contribution in [3.63, 3.8) is 0 Å². The van der Waals surface area contributed by atoms with Gasteiger partial charge in [0.15, 0.2) is 0 Å². The fourth-order valence-electron chi connectivity index (χ4n) is 1.76. The van der Waals surface area contributed by atoms with Crippen molar-refractivity contribution < 1.29 is 14.7 Å². The molecule has 0 aliphatic carbocycles. The van der Waals surface area contributed by atoms with E-state index in [-0.39, 0.29) is 5.91 Å². The van der Waals surface area contributed by atoms with E-state index in [1.165, 1.54) is 24.0 Å². The number of amides is 1. The molecule has 0 aliphatic heterocycles. The largest absolute Gasteiger partial charge is 0.478 e. The fraction of sp³-hybridized carbons (Fsp3) is 0.133. The Morgan fingerprint density at radius 1 is 1.38 bits per heavy atom. The number of nitrogens with one attached hydrogen (secondary N) is 1. The van der Waals surface area contributed by atoms with Crippen molar-refractivity contribution in [1.82, 2.24) is 10.3 Å². The van der Waals surface area contributed by atoms with E-state index in [1.807, 2.05) is 16.8 Å². The average Bonchev–Trinajstić information content (AvgIpc) is 2.98. The minimum Gasteiger partial charge on any atom is -0.478 e. The molecule has 1 amide bonds. The van der Waals surface area contributed by atoms with Gasteiger partial charge in [0.05, 0.1) is 0 Å². The van der Waals surface area contributed by atoms with Crippen LogP contribution in [-0.2, 0) is 11.2 Å². The third-order valence-corrected chi connectivity index (χ3v) is 3.51. The number of nitrogens with zero attached hydrogens (tertiary/aromatic N) is 1. The van der Waals surface area contributed by atoms with Crippen molar-refractivity contribution in [1.29, 1.82) is 0 Å². The minimum atomic E-state index is -1.07. The summed E-state index contributed by atoms with van der Waals surface area (Å²) in [6.07, 6.45) is 6.09. The smallest absolute Gasteiger partial charge is 0.328 e. The van der Waals surface area contributed by atoms with Gasteiger partial charge in [0.25, 0.3) is 5.91 Å². The van der Waals surface area contributed by atoms with Gasteiger partial charge in [0.2, 0.25) is 0 Å². The van der Waals surface area contributed by atoms with Crippen LogP contribution in [0.15, 0.2) is 41.4 Å². The maximum atomic E-state index is 12.1. The fourth-order valence-corrected chi connectivity index (χ4v) is 2.46. The predicted octanol–water partition coefficient (Wildman–Crippen LogP) is 2.21. The second kappa shape index (κ2) is 7.35. The van der Waals surface area contributed by atoms with E-state index in [1.54, 1.807) is 17.4 Å². The molecule has 2 heterocycles. The number of hydrogen-bond donors (Lipinski definition) is 2. The number of aliphatic carboxylic acids is 1. The van der Waals surface area contributed by atoms with Crippen LogP contribution in [0.2, 0.25) is 0 Å². The molecule has 0 radical (unpaired) electrons. The Hall–Kier alpha value is -2.47. The number of carboxylic acids is 1. The molecule has 2 rings (SSSR count). The Bertz CT molecular complexity index is 651. The van der Waals surface area contributed by atoms with Crippen molar-refractivity contribution in [3.05, 3.63) is 58.1 Å². The first kappa shape index (κ1) is 14.9. The number of carbonyl (C=O) groups is 2. The van der Waals surface area contributed by atoms with E-state index >= 15 is 0 Å². The van der Waals surface area contributed by atoms with Gasteiger partial charge in [0.1, 0.15) is 0 Å². The first-order valence-electron chi connectivity index (χ1n) is 6.31. The van der Waals surface area contributed by atoms with Crippen molar-refractivity contribution in [2.75, 3.05) is 6.54 Å². The van der Waals surface area contributed by atoms with Crippen molar-refractivity contribution >= 4 is 29.3 Å². The van der Waals surface area contributed by atoms with E-state index in [4.69, 9.17) is 5.11 Å². The van der Waals surface area contributed by atoms with Crippen LogP contribution in [0.4, 0.5) is 0 Å². The lowest BCUT2D eigenvalue weighted by Crippen LogP contribution is -2.26. The molecule has 0 aliphatic rings. The van der Waals surface area contributed by atoms with Crippen molar-refractivity contribution in [2.45, 2.75) is 6.42 Å². The average molecular weight is 302 g/mol. The van der Waals surface area contributed by atoms with Crippen LogP contribution in [-0.4, -0.2) is 28.5 Å². The minimum absolute atomic E-state index is 0.238. The molecule has 0 aromatic carbocycles. The first-order valence-corrected chi connectivity index (χ1v) is 7.25. The van der Waals surface area contributed by atoms with E-state index in [9.17, 15) is 9.59 Å². The first-order chi connectivity index (χ1) is 10.2. The number of carboxylic acid groups (broad SMARTS) is 1. The third-order valence-electron chi connectivity index (χ3n) is 2.78. The molecule has 21 heavy (non-hydrogen) atoms. The van der Waals surface area contributed by atoms with Crippen LogP contribution in [0.5, 0.6) is 0 Å². The van der Waals surface area contributed by atoms with Crippen molar-refractivity contribution in [2.24, 2.45) is 0 Å². The molecular weight excluding hydrogens is 288 g/mol. The van der Waals surface area contributed by atoms with Gasteiger partial charge >= 0.3 is 5.97 Å². The lowest BCUT2D eigenvalue weighted by atomic mass is 10.1. The van der Waals surface area contributed by atoms with Crippen LogP contribution in [0.1, 0.15) is 21.5 Å². The SMILES string of the molecule is O=C(O)C=Cc1cnccc1C(=O)NCCc1ccsc1. The summed E-state index contributed by atoms with van der Waals surface area (Å²) in [6, 6.07) is 3.59. The second-order valence-electron chi connectivity index (χ2n) is 4.27. The normalized spacial score (nSPS) is 10.7. The van der Waals surface area contributed by atoms with E-state index in [2.05, 4.69) is 10.3 Å². The molecule has 0 bridgehead atoms. The lowest BCUT2D eigenvalue weighted by molar-refractivity contribution is -0.131. The highest BCUT2D eigenvalue weighted by Crippen LogP contribution is 2.10. The van der Waals surface area contributed by atoms with Gasteiger partial charge in [-0.15, -0.1) is 0 Å². The summed E-state index contributed by atoms with van der Waals surface area (Å²) < 4.78 is 0. The monoisotopic (exact) mass is 302 g/mol. The highest BCUT2D eigenvalue weighted by molar-refractivity contribution is 7.07. The number of pyridine rings is 1. The Labute approximate surface area is 126 Å². The summed E-state index contributed by atoms with van der Waals surface area (Å²) in [4.78, 5) is 26.6. The number of carbonyl (C=O) groups excluding carboxylic acids is 1. The molecule has 0 saturated heterocycles. The number of rotatable bonds is 6. The molecule has 2 aromatic rings. The van der Waals surface area contributed by atoms with Gasteiger partial charge in [-0.25, -0.2) is 4.79 Å². The van der Waals surface area contributed by atoms with Gasteiger partial charge in [0, 0.05) is 36.1 Å². The van der Waals surface area contributed by atoms with Crippen LogP contribution >= 0.6 is 11.3 Å². The molecule has 2 N–H and O–H groups in total. The summed E-state index contributed by atoms with van der Waals surface area (Å²) >= 11 is 1.62. The Kier molecular flexibility index (Phi) is 5.22. The Morgan fingerprint density at radius 3 is 2.95 bits per heavy atom. The van der Waals surface area contributed by atoms with Gasteiger partial charge in [-0.05, 0) is 41.0 Å². The maximum Gasteiger partial charge on any atom is 0.328 e. The maximum absolute atomic E-state index is 12.1. The van der Waals surface area contributed by atoms with Crippen LogP contribution in [0.25, 0.3) is 6.08 Å². The predicted molar refractivity (Wildman–Crippen MR) is 81.3 cm³/mol. The van der Waals surface area contributed by atoms with E-state index < -0.39 is 5.97 Å². The summed E-state index contributed by atoms with van der Waals surface area (Å²) in [5.41, 5.74) is 2.07. The highest BCUT2D eigenvalue weighted by Gasteiger charge is 2.09. The molecule has 2 aromatic heterocycles. The number of aromatic nitrogens is 1. The molecule has 0 saturated carbocycles. The van der Waals surface area contributed by atoms with Crippen LogP contribution in [0, 0.1) is 0 Å². The number of thiophene rings is 1. The molecule has 0 fully saturated rings. The molecule has 108 valence electrons. The molecule has 0 spiro atoms. The summed E-state index contributed by atoms with van der Waals surface area (Å²) in [5.74, 6) is -1.31. The summed E-state index contributed by atoms with van der Waals surface area (Å²) in [7, 11) is 0. The van der Waals surface area contributed by atoms with E-state index in [0.29, 0.717) is 17.7 Å². The molecule has 6 heteroatoms. The Balaban J connectivity index is 2.00. The zero-order chi connectivity index (χ0) is 15.1. The summed E-state index contributed by atoms with van der Waals surface area (Å²) in [6.45, 7) is 0.528. The molecule has 5 nitrogen and oxygen atoms in total. The third kappa shape index (κ3) is 4.54. The topological polar surface area (TPSA) is 79.3 Å². The van der Waals surface area contributed by atoms with Gasteiger partial charge in [-0.1, -0.05) is 0 Å². The number of hydrogen-bond acceptors (Lipinski definition) is 4. The standard InChI is InChI=1S/C15H14N2O3S/c18-14(19)2-1-12-9-16-6-4-13(12)15(20)17-7-3-11-5-8-21-10-11/h1-2,4-6,8-10H,3,7H2,(H,17,20)(H,18,19). The molecule has 0 unspecified atom stereocenters. The highest BCUT2D eigenvalue weighted by atomic mass is 32.1. The lowest BCUT2D eigenvalue weighted by Gasteiger charge is -2.07. The van der Waals surface area contributed by atoms with Crippen molar-refractivity contribution in [3.8, 4) is 0 Å². The van der Waals surface area contributed by atoms with Gasteiger partial charge in [-0.3, -0.25) is 9.78 Å². The van der Waals surface area contributed by atoms with Crippen LogP contribution < -0.4 is 5.32 Å². The van der Waals surface area contributed by atoms with Crippen LogP contribution in [0.3, 0.4) is 0 Å². The molecular formula is C15H14N2O3S. The molecule has 0 atom stereocenters. The summed E-state index contributed by atoms with van der Waals surface area (Å²) in [5, 5.41) is 15.5. The van der Waals surface area contributed by atoms with E-state index in [0.717, 1.165) is 12.5 Å². The Morgan fingerprint density at radius 2 is 2.24 bits per heavy atom. The van der Waals surface area contributed by atoms with Gasteiger partial charge < -0.3 is 10.4 Å².